The Morgan fingerprint density at radius 3 is 2.58 bits per heavy atom. The first-order chi connectivity index (χ1) is 14.6. The van der Waals surface area contributed by atoms with Gasteiger partial charge in [0, 0.05) is 59.3 Å². The van der Waals surface area contributed by atoms with Crippen LogP contribution in [0.15, 0.2) is 29.3 Å². The van der Waals surface area contributed by atoms with Gasteiger partial charge in [-0.15, -0.1) is 24.0 Å². The molecule has 9 heteroatoms. The van der Waals surface area contributed by atoms with Gasteiger partial charge in [0.15, 0.2) is 5.96 Å². The van der Waals surface area contributed by atoms with Gasteiger partial charge in [0.1, 0.15) is 0 Å². The standard InChI is InChI=1S/C22H34N6O2.HI/c1-23-20(29)16-27-11-8-19(9-12-27)26-22(24-2)25-14-17-5-3-6-18(13-17)15-28-10-4-7-21(28)30;/h3,5-6,13,19H,4,7-12,14-16H2,1-2H3,(H,23,29)(H2,24,25,26);1H. The number of rotatable bonds is 7. The highest BCUT2D eigenvalue weighted by Gasteiger charge is 2.22. The number of hydrogen-bond acceptors (Lipinski definition) is 4. The molecular formula is C22H35IN6O2. The van der Waals surface area contributed by atoms with Crippen LogP contribution in [0, 0.1) is 0 Å². The molecule has 0 radical (unpaired) electrons. The minimum atomic E-state index is 0. The Morgan fingerprint density at radius 2 is 1.94 bits per heavy atom. The van der Waals surface area contributed by atoms with Crippen molar-refractivity contribution in [2.75, 3.05) is 40.3 Å². The summed E-state index contributed by atoms with van der Waals surface area (Å²) in [6, 6.07) is 8.72. The van der Waals surface area contributed by atoms with Gasteiger partial charge in [0.25, 0.3) is 0 Å². The fourth-order valence-electron chi connectivity index (χ4n) is 4.02. The second kappa shape index (κ2) is 12.8. The van der Waals surface area contributed by atoms with Gasteiger partial charge in [0.05, 0.1) is 6.54 Å². The summed E-state index contributed by atoms with van der Waals surface area (Å²) in [6.45, 7) is 4.50. The lowest BCUT2D eigenvalue weighted by atomic mass is 10.1. The van der Waals surface area contributed by atoms with Crippen molar-refractivity contribution in [3.63, 3.8) is 0 Å². The maximum absolute atomic E-state index is 11.9. The number of likely N-dealkylation sites (N-methyl/N-ethyl adjacent to an activating group) is 1. The summed E-state index contributed by atoms with van der Waals surface area (Å²) in [7, 11) is 3.46. The van der Waals surface area contributed by atoms with Gasteiger partial charge >= 0.3 is 0 Å². The number of hydrogen-bond donors (Lipinski definition) is 3. The molecule has 2 amide bonds. The number of likely N-dealkylation sites (tertiary alicyclic amines) is 2. The fourth-order valence-corrected chi connectivity index (χ4v) is 4.02. The topological polar surface area (TPSA) is 89.1 Å². The molecule has 3 rings (SSSR count). The van der Waals surface area contributed by atoms with Crippen molar-refractivity contribution < 1.29 is 9.59 Å². The van der Waals surface area contributed by atoms with Crippen LogP contribution in [0.2, 0.25) is 0 Å². The van der Waals surface area contributed by atoms with Gasteiger partial charge in [0.2, 0.25) is 11.8 Å². The van der Waals surface area contributed by atoms with Crippen molar-refractivity contribution in [1.82, 2.24) is 25.8 Å². The van der Waals surface area contributed by atoms with Crippen LogP contribution in [0.1, 0.15) is 36.8 Å². The fraction of sp³-hybridized carbons (Fsp3) is 0.591. The Kier molecular flexibility index (Phi) is 10.5. The van der Waals surface area contributed by atoms with E-state index in [0.29, 0.717) is 32.1 Å². The highest BCUT2D eigenvalue weighted by atomic mass is 127. The van der Waals surface area contributed by atoms with Crippen molar-refractivity contribution in [1.29, 1.82) is 0 Å². The lowest BCUT2D eigenvalue weighted by Gasteiger charge is -2.32. The lowest BCUT2D eigenvalue weighted by molar-refractivity contribution is -0.128. The Bertz CT molecular complexity index is 764. The molecule has 2 fully saturated rings. The van der Waals surface area contributed by atoms with Gasteiger partial charge in [-0.25, -0.2) is 0 Å². The van der Waals surface area contributed by atoms with E-state index >= 15 is 0 Å². The predicted molar refractivity (Wildman–Crippen MR) is 133 cm³/mol. The van der Waals surface area contributed by atoms with E-state index in [1.54, 1.807) is 14.1 Å². The molecular weight excluding hydrogens is 507 g/mol. The second-order valence-electron chi connectivity index (χ2n) is 8.03. The molecule has 0 spiro atoms. The van der Waals surface area contributed by atoms with Crippen molar-refractivity contribution in [3.05, 3.63) is 35.4 Å². The van der Waals surface area contributed by atoms with E-state index in [2.05, 4.69) is 44.0 Å². The van der Waals surface area contributed by atoms with Crippen LogP contribution < -0.4 is 16.0 Å². The summed E-state index contributed by atoms with van der Waals surface area (Å²) in [5.41, 5.74) is 2.33. The predicted octanol–water partition coefficient (Wildman–Crippen LogP) is 1.30. The molecule has 0 aliphatic carbocycles. The van der Waals surface area contributed by atoms with E-state index in [9.17, 15) is 9.59 Å². The van der Waals surface area contributed by atoms with Crippen LogP contribution in [0.4, 0.5) is 0 Å². The number of nitrogens with zero attached hydrogens (tertiary/aromatic N) is 3. The van der Waals surface area contributed by atoms with E-state index in [0.717, 1.165) is 50.4 Å². The smallest absolute Gasteiger partial charge is 0.233 e. The first-order valence-corrected chi connectivity index (χ1v) is 10.8. The minimum absolute atomic E-state index is 0. The van der Waals surface area contributed by atoms with Crippen molar-refractivity contribution in [3.8, 4) is 0 Å². The maximum Gasteiger partial charge on any atom is 0.233 e. The summed E-state index contributed by atoms with van der Waals surface area (Å²) in [4.78, 5) is 31.9. The van der Waals surface area contributed by atoms with Gasteiger partial charge in [-0.05, 0) is 30.4 Å². The number of benzene rings is 1. The quantitative estimate of drug-likeness (QED) is 0.275. The number of guanidine groups is 1. The van der Waals surface area contributed by atoms with Crippen LogP contribution in [-0.4, -0.2) is 73.9 Å². The molecule has 31 heavy (non-hydrogen) atoms. The average molecular weight is 542 g/mol. The molecule has 0 saturated carbocycles. The maximum atomic E-state index is 11.9. The summed E-state index contributed by atoms with van der Waals surface area (Å²) in [5, 5.41) is 9.58. The monoisotopic (exact) mass is 542 g/mol. The number of nitrogens with one attached hydrogen (secondary N) is 3. The Morgan fingerprint density at radius 1 is 1.19 bits per heavy atom. The molecule has 2 saturated heterocycles. The lowest BCUT2D eigenvalue weighted by Crippen LogP contribution is -2.49. The molecule has 172 valence electrons. The Hall–Kier alpha value is -1.88. The van der Waals surface area contributed by atoms with E-state index in [1.165, 1.54) is 5.56 Å². The molecule has 3 N–H and O–H groups in total. The minimum Gasteiger partial charge on any atom is -0.358 e. The summed E-state index contributed by atoms with van der Waals surface area (Å²) in [6.07, 6.45) is 3.61. The van der Waals surface area contributed by atoms with Crippen molar-refractivity contribution >= 4 is 41.8 Å². The first-order valence-electron chi connectivity index (χ1n) is 10.8. The van der Waals surface area contributed by atoms with Crippen LogP contribution in [0.5, 0.6) is 0 Å². The molecule has 0 bridgehead atoms. The van der Waals surface area contributed by atoms with E-state index in [-0.39, 0.29) is 35.8 Å². The zero-order valence-electron chi connectivity index (χ0n) is 18.5. The third kappa shape index (κ3) is 7.95. The number of amides is 2. The molecule has 2 heterocycles. The molecule has 1 aromatic carbocycles. The van der Waals surface area contributed by atoms with Gasteiger partial charge in [-0.3, -0.25) is 19.5 Å². The van der Waals surface area contributed by atoms with E-state index in [4.69, 9.17) is 0 Å². The van der Waals surface area contributed by atoms with E-state index in [1.807, 2.05) is 11.0 Å². The number of carbonyl (C=O) groups is 2. The number of halogens is 1. The highest BCUT2D eigenvalue weighted by Crippen LogP contribution is 2.15. The van der Waals surface area contributed by atoms with Crippen LogP contribution in [0.25, 0.3) is 0 Å². The highest BCUT2D eigenvalue weighted by molar-refractivity contribution is 14.0. The molecule has 0 aromatic heterocycles. The molecule has 0 unspecified atom stereocenters. The molecule has 2 aliphatic heterocycles. The van der Waals surface area contributed by atoms with Crippen molar-refractivity contribution in [2.45, 2.75) is 44.8 Å². The summed E-state index contributed by atoms with van der Waals surface area (Å²) < 4.78 is 0. The number of carbonyl (C=O) groups excluding carboxylic acids is 2. The van der Waals surface area contributed by atoms with Crippen molar-refractivity contribution in [2.24, 2.45) is 4.99 Å². The first kappa shape index (κ1) is 25.4. The Balaban J connectivity index is 0.00000341. The zero-order valence-corrected chi connectivity index (χ0v) is 20.9. The molecule has 1 aromatic rings. The Labute approximate surface area is 202 Å². The SMILES string of the molecule is CN=C(NCc1cccc(CN2CCCC2=O)c1)NC1CCN(CC(=O)NC)CC1.I. The number of aliphatic imine (C=N–C) groups is 1. The second-order valence-corrected chi connectivity index (χ2v) is 8.03. The number of piperidine rings is 1. The van der Waals surface area contributed by atoms with Gasteiger partial charge in [-0.1, -0.05) is 24.3 Å². The van der Waals surface area contributed by atoms with E-state index < -0.39 is 0 Å². The molecule has 2 aliphatic rings. The third-order valence-corrected chi connectivity index (χ3v) is 5.79. The van der Waals surface area contributed by atoms with Crippen LogP contribution >= 0.6 is 24.0 Å². The molecule has 0 atom stereocenters. The third-order valence-electron chi connectivity index (χ3n) is 5.79. The van der Waals surface area contributed by atoms with Gasteiger partial charge in [-0.2, -0.15) is 0 Å². The normalized spacial score (nSPS) is 17.9. The average Bonchev–Trinajstić information content (AvgIpc) is 3.16. The molecule has 8 nitrogen and oxygen atoms in total. The van der Waals surface area contributed by atoms with Gasteiger partial charge < -0.3 is 20.9 Å². The van der Waals surface area contributed by atoms with Crippen LogP contribution in [-0.2, 0) is 22.7 Å². The largest absolute Gasteiger partial charge is 0.358 e. The summed E-state index contributed by atoms with van der Waals surface area (Å²) >= 11 is 0. The summed E-state index contributed by atoms with van der Waals surface area (Å²) in [5.74, 6) is 1.11. The van der Waals surface area contributed by atoms with Crippen LogP contribution in [0.3, 0.4) is 0 Å². The zero-order chi connectivity index (χ0) is 21.3.